The van der Waals surface area contributed by atoms with Gasteiger partial charge in [0.1, 0.15) is 10.3 Å². The Labute approximate surface area is 79.6 Å². The molecular weight excluding hydrogens is 190 g/mol. The van der Waals surface area contributed by atoms with Crippen molar-refractivity contribution < 1.29 is 9.90 Å². The lowest BCUT2D eigenvalue weighted by Gasteiger charge is -2.06. The molecular formula is C7H9N3O2S. The van der Waals surface area contributed by atoms with E-state index in [1.165, 1.54) is 18.0 Å². The molecule has 0 radical (unpaired) electrons. The summed E-state index contributed by atoms with van der Waals surface area (Å²) < 4.78 is 0. The van der Waals surface area contributed by atoms with E-state index in [9.17, 15) is 4.79 Å². The maximum atomic E-state index is 10.7. The number of carboxylic acids is 1. The fraction of sp³-hybridized carbons (Fsp3) is 0.429. The molecule has 0 aliphatic rings. The molecule has 0 spiro atoms. The summed E-state index contributed by atoms with van der Waals surface area (Å²) in [4.78, 5) is 10.7. The Morgan fingerprint density at radius 2 is 2.54 bits per heavy atom. The average Bonchev–Trinajstić information content (AvgIpc) is 2.15. The number of aromatic nitrogens is 3. The van der Waals surface area contributed by atoms with E-state index in [1.54, 1.807) is 6.07 Å². The second-order valence-corrected chi connectivity index (χ2v) is 3.53. The molecule has 1 atom stereocenters. The summed E-state index contributed by atoms with van der Waals surface area (Å²) in [5.74, 6) is -0.828. The van der Waals surface area contributed by atoms with Gasteiger partial charge in [0.2, 0.25) is 0 Å². The van der Waals surface area contributed by atoms with E-state index < -0.39 is 11.2 Å². The smallest absolute Gasteiger partial charge is 0.317 e. The van der Waals surface area contributed by atoms with Crippen LogP contribution in [0.1, 0.15) is 13.3 Å². The van der Waals surface area contributed by atoms with Gasteiger partial charge in [-0.1, -0.05) is 18.7 Å². The van der Waals surface area contributed by atoms with Gasteiger partial charge in [-0.05, 0) is 17.7 Å². The van der Waals surface area contributed by atoms with Crippen LogP contribution in [0.4, 0.5) is 0 Å². The topological polar surface area (TPSA) is 76.0 Å². The zero-order valence-corrected chi connectivity index (χ0v) is 7.86. The van der Waals surface area contributed by atoms with Crippen LogP contribution in [-0.2, 0) is 4.79 Å². The number of carboxylic acid groups (broad SMARTS) is 1. The Hall–Kier alpha value is -1.17. The second-order valence-electron chi connectivity index (χ2n) is 2.31. The van der Waals surface area contributed by atoms with Crippen molar-refractivity contribution in [1.29, 1.82) is 0 Å². The average molecular weight is 199 g/mol. The van der Waals surface area contributed by atoms with Crippen LogP contribution in [-0.4, -0.2) is 31.7 Å². The molecule has 1 aromatic heterocycles. The molecule has 1 N–H and O–H groups in total. The van der Waals surface area contributed by atoms with Gasteiger partial charge < -0.3 is 5.11 Å². The fourth-order valence-electron chi connectivity index (χ4n) is 0.747. The molecule has 0 aliphatic heterocycles. The lowest BCUT2D eigenvalue weighted by molar-refractivity contribution is -0.136. The van der Waals surface area contributed by atoms with Gasteiger partial charge in [0, 0.05) is 0 Å². The second kappa shape index (κ2) is 4.76. The summed E-state index contributed by atoms with van der Waals surface area (Å²) in [7, 11) is 0. The minimum atomic E-state index is -0.828. The maximum Gasteiger partial charge on any atom is 0.317 e. The van der Waals surface area contributed by atoms with Gasteiger partial charge in [-0.2, -0.15) is 0 Å². The maximum absolute atomic E-state index is 10.7. The third-order valence-electron chi connectivity index (χ3n) is 1.39. The van der Waals surface area contributed by atoms with Gasteiger partial charge in [-0.15, -0.1) is 10.2 Å². The van der Waals surface area contributed by atoms with Crippen molar-refractivity contribution >= 4 is 17.7 Å². The molecule has 0 saturated heterocycles. The van der Waals surface area contributed by atoms with Crippen molar-refractivity contribution in [1.82, 2.24) is 15.4 Å². The molecule has 6 heteroatoms. The van der Waals surface area contributed by atoms with Crippen molar-refractivity contribution in [3.63, 3.8) is 0 Å². The Balaban J connectivity index is 2.62. The molecule has 0 fully saturated rings. The van der Waals surface area contributed by atoms with E-state index in [0.717, 1.165) is 0 Å². The Kier molecular flexibility index (Phi) is 3.63. The molecule has 0 aliphatic carbocycles. The van der Waals surface area contributed by atoms with Gasteiger partial charge in [0.25, 0.3) is 0 Å². The Morgan fingerprint density at radius 3 is 3.00 bits per heavy atom. The van der Waals surface area contributed by atoms with Crippen LogP contribution in [0.3, 0.4) is 0 Å². The van der Waals surface area contributed by atoms with Crippen molar-refractivity contribution in [3.05, 3.63) is 12.3 Å². The first-order chi connectivity index (χ1) is 6.24. The predicted molar refractivity (Wildman–Crippen MR) is 47.4 cm³/mol. The van der Waals surface area contributed by atoms with Crippen LogP contribution >= 0.6 is 11.8 Å². The first-order valence-electron chi connectivity index (χ1n) is 3.78. The highest BCUT2D eigenvalue weighted by Gasteiger charge is 2.16. The van der Waals surface area contributed by atoms with E-state index >= 15 is 0 Å². The van der Waals surface area contributed by atoms with Crippen molar-refractivity contribution in [2.45, 2.75) is 23.6 Å². The number of thioether (sulfide) groups is 1. The number of rotatable bonds is 4. The molecule has 1 heterocycles. The van der Waals surface area contributed by atoms with Crippen molar-refractivity contribution in [2.75, 3.05) is 0 Å². The van der Waals surface area contributed by atoms with Crippen LogP contribution in [0.15, 0.2) is 17.3 Å². The minimum Gasteiger partial charge on any atom is -0.480 e. The molecule has 70 valence electrons. The first kappa shape index (κ1) is 9.91. The minimum absolute atomic E-state index is 0.461. The molecule has 1 unspecified atom stereocenters. The lowest BCUT2D eigenvalue weighted by atomic mass is 10.3. The summed E-state index contributed by atoms with van der Waals surface area (Å²) in [6.45, 7) is 1.82. The highest BCUT2D eigenvalue weighted by molar-refractivity contribution is 8.00. The van der Waals surface area contributed by atoms with Crippen molar-refractivity contribution in [3.8, 4) is 0 Å². The fourth-order valence-corrected chi connectivity index (χ4v) is 1.53. The van der Waals surface area contributed by atoms with E-state index in [1.807, 2.05) is 6.92 Å². The van der Waals surface area contributed by atoms with E-state index in [4.69, 9.17) is 5.11 Å². The number of hydrogen-bond acceptors (Lipinski definition) is 5. The van der Waals surface area contributed by atoms with Crippen LogP contribution in [0, 0.1) is 0 Å². The van der Waals surface area contributed by atoms with Crippen LogP contribution in [0.25, 0.3) is 0 Å². The molecule has 5 nitrogen and oxygen atoms in total. The molecule has 0 saturated carbocycles. The normalized spacial score (nSPS) is 12.4. The van der Waals surface area contributed by atoms with Gasteiger partial charge >= 0.3 is 5.97 Å². The molecule has 13 heavy (non-hydrogen) atoms. The van der Waals surface area contributed by atoms with Gasteiger partial charge in [-0.25, -0.2) is 0 Å². The first-order valence-corrected chi connectivity index (χ1v) is 4.66. The molecule has 0 bridgehead atoms. The standard InChI is InChI=1S/C7H9N3O2S/c1-2-5(7(11)12)13-6-3-4-8-10-9-6/h3-5H,2H2,1H3,(H,11,12). The number of carbonyl (C=O) groups is 1. The monoisotopic (exact) mass is 199 g/mol. The molecule has 0 amide bonds. The number of aliphatic carboxylic acids is 1. The zero-order chi connectivity index (χ0) is 9.68. The van der Waals surface area contributed by atoms with Crippen LogP contribution in [0.5, 0.6) is 0 Å². The molecule has 1 aromatic rings. The third-order valence-corrected chi connectivity index (χ3v) is 2.67. The number of hydrogen-bond donors (Lipinski definition) is 1. The quantitative estimate of drug-likeness (QED) is 0.724. The molecule has 0 aromatic carbocycles. The van der Waals surface area contributed by atoms with E-state index in [0.29, 0.717) is 11.4 Å². The van der Waals surface area contributed by atoms with Crippen LogP contribution < -0.4 is 0 Å². The highest BCUT2D eigenvalue weighted by Crippen LogP contribution is 2.22. The predicted octanol–water partition coefficient (Wildman–Crippen LogP) is 0.827. The Morgan fingerprint density at radius 1 is 1.77 bits per heavy atom. The Bertz CT molecular complexity index is 280. The van der Waals surface area contributed by atoms with Crippen molar-refractivity contribution in [2.24, 2.45) is 0 Å². The summed E-state index contributed by atoms with van der Waals surface area (Å²) in [5, 5.41) is 19.5. The SMILES string of the molecule is CCC(Sc1ccnnn1)C(=O)O. The van der Waals surface area contributed by atoms with Crippen LogP contribution in [0.2, 0.25) is 0 Å². The summed E-state index contributed by atoms with van der Waals surface area (Å²) in [6.07, 6.45) is 2.05. The van der Waals surface area contributed by atoms with Gasteiger partial charge in [-0.3, -0.25) is 4.79 Å². The van der Waals surface area contributed by atoms with Gasteiger partial charge in [0.15, 0.2) is 0 Å². The summed E-state index contributed by atoms with van der Waals surface area (Å²) >= 11 is 1.18. The lowest BCUT2D eigenvalue weighted by Crippen LogP contribution is -2.15. The molecule has 1 rings (SSSR count). The van der Waals surface area contributed by atoms with E-state index in [2.05, 4.69) is 15.4 Å². The number of nitrogens with zero attached hydrogens (tertiary/aromatic N) is 3. The third kappa shape index (κ3) is 2.98. The summed E-state index contributed by atoms with van der Waals surface area (Å²) in [5.41, 5.74) is 0. The largest absolute Gasteiger partial charge is 0.480 e. The van der Waals surface area contributed by atoms with Gasteiger partial charge in [0.05, 0.1) is 6.20 Å². The van der Waals surface area contributed by atoms with E-state index in [-0.39, 0.29) is 0 Å². The summed E-state index contributed by atoms with van der Waals surface area (Å²) in [6, 6.07) is 1.64. The zero-order valence-electron chi connectivity index (χ0n) is 7.04. The highest BCUT2D eigenvalue weighted by atomic mass is 32.2.